The SMILES string of the molecule is Cc1c(C(N)=O)n(C)c2c(-c3ccc(Cl)cc3)cc(C#N)cc12. The lowest BCUT2D eigenvalue weighted by molar-refractivity contribution is 0.0992. The number of carbonyl (C=O) groups is 1. The van der Waals surface area contributed by atoms with Gasteiger partial charge in [0.2, 0.25) is 0 Å². The Morgan fingerprint density at radius 2 is 1.91 bits per heavy atom. The zero-order chi connectivity index (χ0) is 16.7. The zero-order valence-electron chi connectivity index (χ0n) is 12.7. The predicted molar refractivity (Wildman–Crippen MR) is 91.3 cm³/mol. The minimum Gasteiger partial charge on any atom is -0.364 e. The summed E-state index contributed by atoms with van der Waals surface area (Å²) in [7, 11) is 1.81. The lowest BCUT2D eigenvalue weighted by Crippen LogP contribution is -2.16. The standard InChI is InChI=1S/C18H14ClN3O/c1-10-14-7-11(9-20)8-15(12-3-5-13(19)6-4-12)17(14)22(2)16(10)18(21)23/h3-8H,1-2H3,(H2,21,23). The lowest BCUT2D eigenvalue weighted by Gasteiger charge is -2.08. The second kappa shape index (κ2) is 5.45. The molecule has 5 heteroatoms. The van der Waals surface area contributed by atoms with Gasteiger partial charge >= 0.3 is 0 Å². The van der Waals surface area contributed by atoms with Gasteiger partial charge in [-0.15, -0.1) is 0 Å². The number of primary amides is 1. The number of nitrogens with zero attached hydrogens (tertiary/aromatic N) is 2. The van der Waals surface area contributed by atoms with Crippen LogP contribution in [0.4, 0.5) is 0 Å². The highest BCUT2D eigenvalue weighted by Crippen LogP contribution is 2.35. The fourth-order valence-electron chi connectivity index (χ4n) is 3.04. The van der Waals surface area contributed by atoms with Gasteiger partial charge in [0.1, 0.15) is 5.69 Å². The highest BCUT2D eigenvalue weighted by Gasteiger charge is 2.19. The normalized spacial score (nSPS) is 10.7. The molecule has 1 amide bonds. The molecule has 0 spiro atoms. The molecule has 0 saturated heterocycles. The molecular formula is C18H14ClN3O. The fourth-order valence-corrected chi connectivity index (χ4v) is 3.16. The molecule has 0 aliphatic heterocycles. The molecule has 0 fully saturated rings. The third-order valence-corrected chi connectivity index (χ3v) is 4.31. The number of nitriles is 1. The van der Waals surface area contributed by atoms with Crippen molar-refractivity contribution in [3.8, 4) is 17.2 Å². The topological polar surface area (TPSA) is 71.8 Å². The summed E-state index contributed by atoms with van der Waals surface area (Å²) in [4.78, 5) is 11.8. The predicted octanol–water partition coefficient (Wildman–Crippen LogP) is 3.78. The molecule has 0 aliphatic rings. The summed E-state index contributed by atoms with van der Waals surface area (Å²) < 4.78 is 1.79. The number of fused-ring (bicyclic) bond motifs is 1. The van der Waals surface area contributed by atoms with Gasteiger partial charge < -0.3 is 10.3 Å². The van der Waals surface area contributed by atoms with Crippen LogP contribution in [-0.4, -0.2) is 10.5 Å². The van der Waals surface area contributed by atoms with Crippen molar-refractivity contribution < 1.29 is 4.79 Å². The van der Waals surface area contributed by atoms with Crippen molar-refractivity contribution in [3.05, 3.63) is 58.2 Å². The van der Waals surface area contributed by atoms with Crippen molar-refractivity contribution >= 4 is 28.4 Å². The number of aromatic nitrogens is 1. The van der Waals surface area contributed by atoms with E-state index < -0.39 is 5.91 Å². The number of carbonyl (C=O) groups excluding carboxylic acids is 1. The van der Waals surface area contributed by atoms with E-state index in [9.17, 15) is 10.1 Å². The van der Waals surface area contributed by atoms with Crippen LogP contribution < -0.4 is 5.73 Å². The summed E-state index contributed by atoms with van der Waals surface area (Å²) in [5, 5.41) is 10.8. The summed E-state index contributed by atoms with van der Waals surface area (Å²) in [6.45, 7) is 1.84. The van der Waals surface area contributed by atoms with Gasteiger partial charge in [-0.3, -0.25) is 4.79 Å². The molecule has 2 N–H and O–H groups in total. The molecule has 23 heavy (non-hydrogen) atoms. The van der Waals surface area contributed by atoms with Gasteiger partial charge in [0, 0.05) is 23.0 Å². The Labute approximate surface area is 138 Å². The quantitative estimate of drug-likeness (QED) is 0.779. The van der Waals surface area contributed by atoms with Gasteiger partial charge in [0.25, 0.3) is 5.91 Å². The van der Waals surface area contributed by atoms with Crippen molar-refractivity contribution in [3.63, 3.8) is 0 Å². The van der Waals surface area contributed by atoms with E-state index in [1.807, 2.05) is 25.1 Å². The van der Waals surface area contributed by atoms with Crippen molar-refractivity contribution in [2.24, 2.45) is 12.8 Å². The van der Waals surface area contributed by atoms with Crippen molar-refractivity contribution in [2.45, 2.75) is 6.92 Å². The molecule has 0 radical (unpaired) electrons. The Balaban J connectivity index is 2.45. The molecule has 0 bridgehead atoms. The van der Waals surface area contributed by atoms with Crippen LogP contribution in [-0.2, 0) is 7.05 Å². The second-order valence-electron chi connectivity index (χ2n) is 5.44. The number of halogens is 1. The highest BCUT2D eigenvalue weighted by molar-refractivity contribution is 6.30. The number of aryl methyl sites for hydroxylation is 2. The zero-order valence-corrected chi connectivity index (χ0v) is 13.5. The molecule has 0 saturated carbocycles. The Morgan fingerprint density at radius 3 is 2.48 bits per heavy atom. The van der Waals surface area contributed by atoms with Gasteiger partial charge in [-0.2, -0.15) is 5.26 Å². The first-order valence-electron chi connectivity index (χ1n) is 7.03. The van der Waals surface area contributed by atoms with Crippen LogP contribution >= 0.6 is 11.6 Å². The third-order valence-electron chi connectivity index (χ3n) is 4.06. The van der Waals surface area contributed by atoms with Crippen molar-refractivity contribution in [2.75, 3.05) is 0 Å². The first-order chi connectivity index (χ1) is 10.9. The van der Waals surface area contributed by atoms with E-state index in [1.165, 1.54) is 0 Å². The first kappa shape index (κ1) is 15.1. The van der Waals surface area contributed by atoms with Gasteiger partial charge in [0.15, 0.2) is 0 Å². The average Bonchev–Trinajstić information content (AvgIpc) is 2.78. The summed E-state index contributed by atoms with van der Waals surface area (Å²) >= 11 is 5.96. The van der Waals surface area contributed by atoms with Crippen LogP contribution in [0.3, 0.4) is 0 Å². The summed E-state index contributed by atoms with van der Waals surface area (Å²) in [6, 6.07) is 13.2. The van der Waals surface area contributed by atoms with Crippen LogP contribution in [0.1, 0.15) is 21.6 Å². The summed E-state index contributed by atoms with van der Waals surface area (Å²) in [6.07, 6.45) is 0. The minimum absolute atomic E-state index is 0.449. The number of amides is 1. The molecule has 4 nitrogen and oxygen atoms in total. The van der Waals surface area contributed by atoms with Crippen LogP contribution in [0, 0.1) is 18.3 Å². The van der Waals surface area contributed by atoms with Crippen molar-refractivity contribution in [1.29, 1.82) is 5.26 Å². The molecular weight excluding hydrogens is 310 g/mol. The van der Waals surface area contributed by atoms with E-state index in [2.05, 4.69) is 6.07 Å². The molecule has 1 heterocycles. The van der Waals surface area contributed by atoms with E-state index in [1.54, 1.807) is 29.8 Å². The van der Waals surface area contributed by atoms with E-state index in [0.717, 1.165) is 27.6 Å². The highest BCUT2D eigenvalue weighted by atomic mass is 35.5. The van der Waals surface area contributed by atoms with Crippen LogP contribution in [0.15, 0.2) is 36.4 Å². The molecule has 0 atom stereocenters. The van der Waals surface area contributed by atoms with E-state index in [0.29, 0.717) is 16.3 Å². The lowest BCUT2D eigenvalue weighted by atomic mass is 9.99. The molecule has 2 aromatic carbocycles. The Bertz CT molecular complexity index is 978. The molecule has 0 unspecified atom stereocenters. The number of benzene rings is 2. The van der Waals surface area contributed by atoms with E-state index in [-0.39, 0.29) is 0 Å². The second-order valence-corrected chi connectivity index (χ2v) is 5.87. The summed E-state index contributed by atoms with van der Waals surface area (Å²) in [5.41, 5.74) is 9.95. The maximum Gasteiger partial charge on any atom is 0.265 e. The van der Waals surface area contributed by atoms with Crippen LogP contribution in [0.5, 0.6) is 0 Å². The maximum atomic E-state index is 11.8. The molecule has 114 valence electrons. The minimum atomic E-state index is -0.484. The van der Waals surface area contributed by atoms with Crippen molar-refractivity contribution in [1.82, 2.24) is 4.57 Å². The number of hydrogen-bond acceptors (Lipinski definition) is 2. The van der Waals surface area contributed by atoms with Crippen LogP contribution in [0.25, 0.3) is 22.0 Å². The van der Waals surface area contributed by atoms with Crippen LogP contribution in [0.2, 0.25) is 5.02 Å². The maximum absolute atomic E-state index is 11.8. The Hall–Kier alpha value is -2.77. The van der Waals surface area contributed by atoms with E-state index in [4.69, 9.17) is 17.3 Å². The smallest absolute Gasteiger partial charge is 0.265 e. The third kappa shape index (κ3) is 2.36. The van der Waals surface area contributed by atoms with Gasteiger partial charge in [-0.25, -0.2) is 0 Å². The Kier molecular flexibility index (Phi) is 3.59. The fraction of sp³-hybridized carbons (Fsp3) is 0.111. The largest absolute Gasteiger partial charge is 0.364 e. The number of hydrogen-bond donors (Lipinski definition) is 1. The number of nitrogens with two attached hydrogens (primary N) is 1. The molecule has 1 aromatic heterocycles. The van der Waals surface area contributed by atoms with Gasteiger partial charge in [-0.1, -0.05) is 23.7 Å². The molecule has 3 aromatic rings. The average molecular weight is 324 g/mol. The first-order valence-corrected chi connectivity index (χ1v) is 7.40. The van der Waals surface area contributed by atoms with Gasteiger partial charge in [0.05, 0.1) is 17.1 Å². The molecule has 0 aliphatic carbocycles. The Morgan fingerprint density at radius 1 is 1.26 bits per heavy atom. The van der Waals surface area contributed by atoms with Gasteiger partial charge in [-0.05, 0) is 42.3 Å². The van der Waals surface area contributed by atoms with E-state index >= 15 is 0 Å². The summed E-state index contributed by atoms with van der Waals surface area (Å²) in [5.74, 6) is -0.484. The monoisotopic (exact) mass is 323 g/mol. The number of rotatable bonds is 2. The molecule has 3 rings (SSSR count).